The van der Waals surface area contributed by atoms with Crippen LogP contribution in [0.25, 0.3) is 10.9 Å². The van der Waals surface area contributed by atoms with E-state index in [2.05, 4.69) is 20.8 Å². The van der Waals surface area contributed by atoms with Crippen LogP contribution in [-0.2, 0) is 19.0 Å². The Morgan fingerprint density at radius 1 is 0.941 bits per heavy atom. The van der Waals surface area contributed by atoms with Crippen molar-refractivity contribution in [2.75, 3.05) is 0 Å². The van der Waals surface area contributed by atoms with E-state index in [1.165, 1.54) is 5.56 Å². The lowest BCUT2D eigenvalue weighted by molar-refractivity contribution is 0.0663. The Kier molecular flexibility index (Phi) is 6.38. The summed E-state index contributed by atoms with van der Waals surface area (Å²) in [5, 5.41) is 0.569. The molecule has 0 N–H and O–H groups in total. The lowest BCUT2D eigenvalue weighted by atomic mass is 9.86. The third-order valence-electron chi connectivity index (χ3n) is 6.31. The monoisotopic (exact) mass is 453 g/mol. The van der Waals surface area contributed by atoms with Gasteiger partial charge in [-0.05, 0) is 47.7 Å². The molecule has 4 aromatic rings. The minimum Gasteiger partial charge on any atom is -0.324 e. The highest BCUT2D eigenvalue weighted by molar-refractivity contribution is 5.94. The normalized spacial score (nSPS) is 12.5. The highest BCUT2D eigenvalue weighted by Crippen LogP contribution is 2.26. The van der Waals surface area contributed by atoms with Gasteiger partial charge in [0.05, 0.1) is 16.9 Å². The minimum absolute atomic E-state index is 0.00584. The van der Waals surface area contributed by atoms with Gasteiger partial charge < -0.3 is 4.90 Å². The molecule has 0 radical (unpaired) electrons. The first-order valence-corrected chi connectivity index (χ1v) is 11.6. The molecule has 0 aliphatic heterocycles. The summed E-state index contributed by atoms with van der Waals surface area (Å²) in [6.07, 6.45) is 0. The van der Waals surface area contributed by atoms with Crippen molar-refractivity contribution in [1.82, 2.24) is 14.5 Å². The first kappa shape index (κ1) is 23.4. The van der Waals surface area contributed by atoms with Gasteiger partial charge in [0.2, 0.25) is 0 Å². The van der Waals surface area contributed by atoms with Crippen LogP contribution in [0.3, 0.4) is 0 Å². The average Bonchev–Trinajstić information content (AvgIpc) is 2.84. The predicted molar refractivity (Wildman–Crippen MR) is 137 cm³/mol. The van der Waals surface area contributed by atoms with Crippen molar-refractivity contribution in [3.63, 3.8) is 0 Å². The van der Waals surface area contributed by atoms with Crippen LogP contribution in [0.4, 0.5) is 0 Å². The Bertz CT molecular complexity index is 1370. The smallest absolute Gasteiger partial charge is 0.261 e. The molecule has 0 saturated carbocycles. The van der Waals surface area contributed by atoms with E-state index >= 15 is 0 Å². The zero-order chi connectivity index (χ0) is 24.5. The molecule has 5 nitrogen and oxygen atoms in total. The molecule has 1 aromatic heterocycles. The maximum Gasteiger partial charge on any atom is 0.261 e. The predicted octanol–water partition coefficient (Wildman–Crippen LogP) is 5.63. The van der Waals surface area contributed by atoms with Gasteiger partial charge >= 0.3 is 0 Å². The molecule has 0 aliphatic carbocycles. The molecule has 0 fully saturated rings. The zero-order valence-electron chi connectivity index (χ0n) is 20.4. The number of amides is 1. The third-order valence-corrected chi connectivity index (χ3v) is 6.31. The zero-order valence-corrected chi connectivity index (χ0v) is 20.4. The quantitative estimate of drug-likeness (QED) is 0.393. The molecule has 3 aromatic carbocycles. The molecular weight excluding hydrogens is 422 g/mol. The van der Waals surface area contributed by atoms with E-state index < -0.39 is 6.04 Å². The van der Waals surface area contributed by atoms with Crippen LogP contribution in [0.5, 0.6) is 0 Å². The van der Waals surface area contributed by atoms with E-state index in [9.17, 15) is 9.59 Å². The number of carbonyl (C=O) groups excluding carboxylic acids is 1. The standard InChI is InChI=1S/C29H31N3O2/c1-20(26-30-25-14-10-9-13-24(25)28(34)31(26)5)32(19-21-11-7-6-8-12-21)27(33)22-15-17-23(18-16-22)29(2,3)4/h6-18,20H,19H2,1-5H3. The maximum absolute atomic E-state index is 13.8. The summed E-state index contributed by atoms with van der Waals surface area (Å²) in [6.45, 7) is 8.80. The maximum atomic E-state index is 13.8. The van der Waals surface area contributed by atoms with E-state index in [-0.39, 0.29) is 16.9 Å². The van der Waals surface area contributed by atoms with Gasteiger partial charge in [0, 0.05) is 19.2 Å². The Hall–Kier alpha value is -3.73. The van der Waals surface area contributed by atoms with Gasteiger partial charge in [0.1, 0.15) is 5.82 Å². The van der Waals surface area contributed by atoms with Crippen LogP contribution in [-0.4, -0.2) is 20.4 Å². The highest BCUT2D eigenvalue weighted by atomic mass is 16.2. The molecule has 0 saturated heterocycles. The van der Waals surface area contributed by atoms with E-state index in [1.807, 2.05) is 79.7 Å². The van der Waals surface area contributed by atoms with Crippen molar-refractivity contribution in [2.45, 2.75) is 45.7 Å². The molecule has 0 spiro atoms. The number of rotatable bonds is 5. The third kappa shape index (κ3) is 4.65. The van der Waals surface area contributed by atoms with Crippen LogP contribution < -0.4 is 5.56 Å². The molecule has 174 valence electrons. The summed E-state index contributed by atoms with van der Waals surface area (Å²) in [5.41, 5.74) is 3.32. The summed E-state index contributed by atoms with van der Waals surface area (Å²) < 4.78 is 1.56. The van der Waals surface area contributed by atoms with Gasteiger partial charge in [0.25, 0.3) is 11.5 Å². The van der Waals surface area contributed by atoms with Gasteiger partial charge in [-0.3, -0.25) is 14.2 Å². The van der Waals surface area contributed by atoms with Gasteiger partial charge in [-0.25, -0.2) is 4.98 Å². The molecule has 1 atom stereocenters. The van der Waals surface area contributed by atoms with Crippen LogP contribution in [0.2, 0.25) is 0 Å². The first-order chi connectivity index (χ1) is 16.2. The molecule has 1 amide bonds. The number of fused-ring (bicyclic) bond motifs is 1. The lowest BCUT2D eigenvalue weighted by Gasteiger charge is -2.30. The van der Waals surface area contributed by atoms with Gasteiger partial charge in [-0.1, -0.05) is 75.4 Å². The summed E-state index contributed by atoms with van der Waals surface area (Å²) in [7, 11) is 1.72. The van der Waals surface area contributed by atoms with Crippen molar-refractivity contribution in [3.8, 4) is 0 Å². The molecule has 1 unspecified atom stereocenters. The van der Waals surface area contributed by atoms with Crippen molar-refractivity contribution in [1.29, 1.82) is 0 Å². The van der Waals surface area contributed by atoms with Crippen LogP contribution in [0.15, 0.2) is 83.7 Å². The largest absolute Gasteiger partial charge is 0.324 e. The molecule has 4 rings (SSSR count). The Balaban J connectivity index is 1.77. The Labute approximate surface area is 200 Å². The molecule has 5 heteroatoms. The number of para-hydroxylation sites is 1. The second-order valence-corrected chi connectivity index (χ2v) is 9.77. The van der Waals surface area contributed by atoms with Crippen molar-refractivity contribution in [3.05, 3.63) is 112 Å². The number of hydrogen-bond acceptors (Lipinski definition) is 3. The fraction of sp³-hybridized carbons (Fsp3) is 0.276. The van der Waals surface area contributed by atoms with Crippen LogP contribution in [0.1, 0.15) is 61.0 Å². The minimum atomic E-state index is -0.419. The van der Waals surface area contributed by atoms with Crippen LogP contribution in [0, 0.1) is 0 Å². The van der Waals surface area contributed by atoms with Crippen molar-refractivity contribution < 1.29 is 4.79 Å². The summed E-state index contributed by atoms with van der Waals surface area (Å²) in [5.74, 6) is 0.457. The lowest BCUT2D eigenvalue weighted by Crippen LogP contribution is -2.37. The first-order valence-electron chi connectivity index (χ1n) is 11.6. The average molecular weight is 454 g/mol. The van der Waals surface area contributed by atoms with Gasteiger partial charge in [-0.2, -0.15) is 0 Å². The van der Waals surface area contributed by atoms with E-state index in [0.29, 0.717) is 28.8 Å². The molecule has 0 aliphatic rings. The number of carbonyl (C=O) groups is 1. The summed E-state index contributed by atoms with van der Waals surface area (Å²) >= 11 is 0. The van der Waals surface area contributed by atoms with Gasteiger partial charge in [0.15, 0.2) is 0 Å². The van der Waals surface area contributed by atoms with Crippen molar-refractivity contribution >= 4 is 16.8 Å². The Morgan fingerprint density at radius 2 is 1.56 bits per heavy atom. The second-order valence-electron chi connectivity index (χ2n) is 9.77. The fourth-order valence-corrected chi connectivity index (χ4v) is 4.19. The molecule has 1 heterocycles. The van der Waals surface area contributed by atoms with Gasteiger partial charge in [-0.15, -0.1) is 0 Å². The number of hydrogen-bond donors (Lipinski definition) is 0. The summed E-state index contributed by atoms with van der Waals surface area (Å²) in [4.78, 5) is 33.4. The van der Waals surface area contributed by atoms with Crippen molar-refractivity contribution in [2.24, 2.45) is 7.05 Å². The van der Waals surface area contributed by atoms with E-state index in [0.717, 1.165) is 5.56 Å². The second kappa shape index (κ2) is 9.26. The highest BCUT2D eigenvalue weighted by Gasteiger charge is 2.27. The van der Waals surface area contributed by atoms with E-state index in [1.54, 1.807) is 22.6 Å². The molecule has 34 heavy (non-hydrogen) atoms. The topological polar surface area (TPSA) is 55.2 Å². The molecule has 0 bridgehead atoms. The number of nitrogens with zero attached hydrogens (tertiary/aromatic N) is 3. The van der Waals surface area contributed by atoms with E-state index in [4.69, 9.17) is 4.98 Å². The SMILES string of the molecule is CC(c1nc2ccccc2c(=O)n1C)N(Cc1ccccc1)C(=O)c1ccc(C(C)(C)C)cc1. The fourth-order valence-electron chi connectivity index (χ4n) is 4.19. The number of benzene rings is 3. The molecular formula is C29H31N3O2. The number of aromatic nitrogens is 2. The summed E-state index contributed by atoms with van der Waals surface area (Å²) in [6, 6.07) is 24.6. The van der Waals surface area contributed by atoms with Crippen LogP contribution >= 0.6 is 0 Å². The Morgan fingerprint density at radius 3 is 2.21 bits per heavy atom.